The minimum absolute atomic E-state index is 0.178. The number of aromatic carboxylic acids is 1. The number of carboxylic acids is 1. The molecule has 5 rings (SSSR count). The van der Waals surface area contributed by atoms with Gasteiger partial charge in [0.25, 0.3) is 0 Å². The van der Waals surface area contributed by atoms with Crippen LogP contribution in [0.15, 0.2) is 66.9 Å². The highest BCUT2D eigenvalue weighted by Gasteiger charge is 2.30. The average Bonchev–Trinajstić information content (AvgIpc) is 3.34. The second-order valence-corrected chi connectivity index (χ2v) is 8.30. The molecule has 0 amide bonds. The van der Waals surface area contributed by atoms with Crippen molar-refractivity contribution in [1.82, 2.24) is 14.8 Å². The van der Waals surface area contributed by atoms with Gasteiger partial charge in [-0.05, 0) is 67.9 Å². The van der Waals surface area contributed by atoms with Crippen LogP contribution in [0.25, 0.3) is 38.6 Å². The van der Waals surface area contributed by atoms with Crippen molar-refractivity contribution >= 4 is 27.8 Å². The fourth-order valence-electron chi connectivity index (χ4n) is 4.23. The maximum Gasteiger partial charge on any atom is 0.335 e. The highest BCUT2D eigenvalue weighted by Crippen LogP contribution is 2.43. The summed E-state index contributed by atoms with van der Waals surface area (Å²) in [4.78, 5) is 11.3. The van der Waals surface area contributed by atoms with Crippen LogP contribution < -0.4 is 0 Å². The summed E-state index contributed by atoms with van der Waals surface area (Å²) in [6.45, 7) is 3.40. The molecule has 2 heterocycles. The molecule has 7 heteroatoms. The van der Waals surface area contributed by atoms with Crippen molar-refractivity contribution in [3.8, 4) is 16.8 Å². The van der Waals surface area contributed by atoms with E-state index in [2.05, 4.69) is 10.2 Å². The highest BCUT2D eigenvalue weighted by molar-refractivity contribution is 6.06. The number of halogens is 1. The van der Waals surface area contributed by atoms with E-state index in [0.29, 0.717) is 11.4 Å². The number of aromatic nitrogens is 3. The smallest absolute Gasteiger partial charge is 0.335 e. The molecule has 0 saturated carbocycles. The molecular formula is C25H20FN3O3. The molecule has 0 atom stereocenters. The van der Waals surface area contributed by atoms with Crippen LogP contribution in [0.3, 0.4) is 0 Å². The molecule has 0 saturated heterocycles. The highest BCUT2D eigenvalue weighted by atomic mass is 19.1. The summed E-state index contributed by atoms with van der Waals surface area (Å²) in [5, 5.41) is 29.4. The summed E-state index contributed by atoms with van der Waals surface area (Å²) in [5.41, 5.74) is 3.41. The molecule has 5 aromatic rings. The molecule has 0 aliphatic carbocycles. The fraction of sp³-hybridized carbons (Fsp3) is 0.120. The number of carboxylic acid groups (broad SMARTS) is 1. The average molecular weight is 429 g/mol. The number of nitrogens with one attached hydrogen (secondary N) is 1. The SMILES string of the molecule is CC(C)(O)c1c(-c2ccc(C(=O)O)cc2)c2cc3[nH]ncc3cc2n1-c1ccc(F)cc1. The zero-order valence-electron chi connectivity index (χ0n) is 17.4. The number of hydrogen-bond donors (Lipinski definition) is 3. The van der Waals surface area contributed by atoms with Crippen LogP contribution in [-0.2, 0) is 5.60 Å². The third-order valence-corrected chi connectivity index (χ3v) is 5.61. The van der Waals surface area contributed by atoms with Crippen molar-refractivity contribution in [3.05, 3.63) is 83.9 Å². The first kappa shape index (κ1) is 20.0. The van der Waals surface area contributed by atoms with Crippen molar-refractivity contribution in [2.24, 2.45) is 0 Å². The molecule has 0 fully saturated rings. The molecule has 2 aromatic heterocycles. The van der Waals surface area contributed by atoms with Gasteiger partial charge in [-0.2, -0.15) is 5.10 Å². The Morgan fingerprint density at radius 2 is 1.75 bits per heavy atom. The molecule has 6 nitrogen and oxygen atoms in total. The Kier molecular flexibility index (Phi) is 4.39. The molecule has 32 heavy (non-hydrogen) atoms. The van der Waals surface area contributed by atoms with Crippen molar-refractivity contribution in [1.29, 1.82) is 0 Å². The van der Waals surface area contributed by atoms with Gasteiger partial charge in [0.1, 0.15) is 5.82 Å². The lowest BCUT2D eigenvalue weighted by atomic mass is 9.93. The van der Waals surface area contributed by atoms with E-state index in [1.165, 1.54) is 12.1 Å². The third-order valence-electron chi connectivity index (χ3n) is 5.61. The zero-order chi connectivity index (χ0) is 22.6. The summed E-state index contributed by atoms with van der Waals surface area (Å²) in [7, 11) is 0. The van der Waals surface area contributed by atoms with Crippen LogP contribution in [0.1, 0.15) is 29.9 Å². The van der Waals surface area contributed by atoms with Gasteiger partial charge in [-0.3, -0.25) is 5.10 Å². The summed E-state index contributed by atoms with van der Waals surface area (Å²) in [6.07, 6.45) is 1.72. The fourth-order valence-corrected chi connectivity index (χ4v) is 4.23. The van der Waals surface area contributed by atoms with Gasteiger partial charge in [-0.1, -0.05) is 12.1 Å². The molecule has 0 unspecified atom stereocenters. The Balaban J connectivity index is 1.93. The third kappa shape index (κ3) is 3.14. The maximum atomic E-state index is 13.7. The van der Waals surface area contributed by atoms with Gasteiger partial charge in [0.15, 0.2) is 0 Å². The lowest BCUT2D eigenvalue weighted by Gasteiger charge is -2.23. The monoisotopic (exact) mass is 429 g/mol. The molecule has 160 valence electrons. The normalized spacial score (nSPS) is 12.0. The number of fused-ring (bicyclic) bond motifs is 2. The first-order valence-corrected chi connectivity index (χ1v) is 10.1. The number of nitrogens with zero attached hydrogens (tertiary/aromatic N) is 2. The number of rotatable bonds is 4. The lowest BCUT2D eigenvalue weighted by molar-refractivity contribution is 0.0695. The van der Waals surface area contributed by atoms with Gasteiger partial charge in [0.05, 0.1) is 34.1 Å². The van der Waals surface area contributed by atoms with Crippen LogP contribution in [0.2, 0.25) is 0 Å². The standard InChI is InChI=1S/C25H20FN3O3/c1-25(2,32)23-22(14-3-5-15(6-4-14)24(30)31)19-12-20-16(13-27-28-20)11-21(19)29(23)18-9-7-17(26)8-10-18/h3-13,32H,1-2H3,(H,27,28)(H,30,31). The number of aromatic amines is 1. The van der Waals surface area contributed by atoms with Gasteiger partial charge < -0.3 is 14.8 Å². The van der Waals surface area contributed by atoms with Gasteiger partial charge in [0, 0.05) is 22.0 Å². The summed E-state index contributed by atoms with van der Waals surface area (Å²) in [5.74, 6) is -1.36. The Hall–Kier alpha value is -3.97. The number of aliphatic hydroxyl groups is 1. The quantitative estimate of drug-likeness (QED) is 0.364. The topological polar surface area (TPSA) is 91.1 Å². The van der Waals surface area contributed by atoms with E-state index in [1.54, 1.807) is 56.4 Å². The van der Waals surface area contributed by atoms with E-state index >= 15 is 0 Å². The maximum absolute atomic E-state index is 13.7. The summed E-state index contributed by atoms with van der Waals surface area (Å²) in [6, 6.07) is 16.6. The van der Waals surface area contributed by atoms with Crippen LogP contribution in [0.4, 0.5) is 4.39 Å². The Bertz CT molecular complexity index is 1470. The Labute approximate surface area is 182 Å². The van der Waals surface area contributed by atoms with Crippen LogP contribution in [0, 0.1) is 5.82 Å². The van der Waals surface area contributed by atoms with E-state index in [-0.39, 0.29) is 11.4 Å². The van der Waals surface area contributed by atoms with E-state index in [0.717, 1.165) is 32.9 Å². The second kappa shape index (κ2) is 7.03. The number of hydrogen-bond acceptors (Lipinski definition) is 3. The van der Waals surface area contributed by atoms with E-state index in [4.69, 9.17) is 0 Å². The van der Waals surface area contributed by atoms with Crippen LogP contribution >= 0.6 is 0 Å². The van der Waals surface area contributed by atoms with E-state index < -0.39 is 11.6 Å². The van der Waals surface area contributed by atoms with Gasteiger partial charge in [-0.25, -0.2) is 9.18 Å². The molecule has 0 spiro atoms. The van der Waals surface area contributed by atoms with Crippen molar-refractivity contribution in [2.45, 2.75) is 19.4 Å². The molecule has 0 radical (unpaired) electrons. The Morgan fingerprint density at radius 3 is 2.38 bits per heavy atom. The molecular weight excluding hydrogens is 409 g/mol. The van der Waals surface area contributed by atoms with Crippen molar-refractivity contribution in [3.63, 3.8) is 0 Å². The number of benzene rings is 3. The predicted octanol–water partition coefficient (Wildman–Crippen LogP) is 5.24. The minimum atomic E-state index is -1.26. The minimum Gasteiger partial charge on any atom is -0.478 e. The van der Waals surface area contributed by atoms with Crippen molar-refractivity contribution < 1.29 is 19.4 Å². The molecule has 0 aliphatic rings. The molecule has 0 bridgehead atoms. The van der Waals surface area contributed by atoms with E-state index in [9.17, 15) is 19.4 Å². The summed E-state index contributed by atoms with van der Waals surface area (Å²) >= 11 is 0. The van der Waals surface area contributed by atoms with Gasteiger partial charge in [0.2, 0.25) is 0 Å². The zero-order valence-corrected chi connectivity index (χ0v) is 17.4. The van der Waals surface area contributed by atoms with Gasteiger partial charge >= 0.3 is 5.97 Å². The molecule has 3 N–H and O–H groups in total. The second-order valence-electron chi connectivity index (χ2n) is 8.30. The lowest BCUT2D eigenvalue weighted by Crippen LogP contribution is -2.21. The van der Waals surface area contributed by atoms with E-state index in [1.807, 2.05) is 16.7 Å². The molecule has 0 aliphatic heterocycles. The van der Waals surface area contributed by atoms with Crippen LogP contribution in [0.5, 0.6) is 0 Å². The predicted molar refractivity (Wildman–Crippen MR) is 121 cm³/mol. The first-order chi connectivity index (χ1) is 15.2. The molecule has 3 aromatic carbocycles. The largest absolute Gasteiger partial charge is 0.478 e. The first-order valence-electron chi connectivity index (χ1n) is 10.1. The summed E-state index contributed by atoms with van der Waals surface area (Å²) < 4.78 is 15.6. The van der Waals surface area contributed by atoms with Gasteiger partial charge in [-0.15, -0.1) is 0 Å². The number of H-pyrrole nitrogens is 1. The van der Waals surface area contributed by atoms with Crippen molar-refractivity contribution in [2.75, 3.05) is 0 Å². The Morgan fingerprint density at radius 1 is 1.06 bits per heavy atom. The number of carbonyl (C=O) groups is 1. The van der Waals surface area contributed by atoms with Crippen LogP contribution in [-0.4, -0.2) is 30.9 Å².